The minimum Gasteiger partial charge on any atom is -0.349 e. The van der Waals surface area contributed by atoms with Crippen molar-refractivity contribution in [2.45, 2.75) is 38.4 Å². The smallest absolute Gasteiger partial charge is 0.258 e. The van der Waals surface area contributed by atoms with Crippen molar-refractivity contribution < 1.29 is 14.0 Å². The lowest BCUT2D eigenvalue weighted by molar-refractivity contribution is -0.142. The van der Waals surface area contributed by atoms with Crippen LogP contribution in [0.3, 0.4) is 0 Å². The standard InChI is InChI=1S/C15H20FN3O2/c1-2-13(20)19-9-5-15(16,6-10-19)14(21)18-11-12-3-7-17-8-4-12/h3-4,7-8H,2,5-6,9-11H2,1H3,(H,18,21). The summed E-state index contributed by atoms with van der Waals surface area (Å²) in [7, 11) is 0. The molecule has 1 aromatic heterocycles. The van der Waals surface area contributed by atoms with Crippen LogP contribution >= 0.6 is 0 Å². The molecule has 1 saturated heterocycles. The van der Waals surface area contributed by atoms with Gasteiger partial charge in [0.2, 0.25) is 5.91 Å². The molecule has 1 N–H and O–H groups in total. The number of alkyl halides is 1. The SMILES string of the molecule is CCC(=O)N1CCC(F)(C(=O)NCc2ccncc2)CC1. The van der Waals surface area contributed by atoms with Crippen LogP contribution in [0.25, 0.3) is 0 Å². The number of carbonyl (C=O) groups excluding carboxylic acids is 2. The van der Waals surface area contributed by atoms with Crippen LogP contribution in [0.5, 0.6) is 0 Å². The Balaban J connectivity index is 1.86. The van der Waals surface area contributed by atoms with Gasteiger partial charge in [-0.3, -0.25) is 14.6 Å². The van der Waals surface area contributed by atoms with Crippen molar-refractivity contribution in [3.05, 3.63) is 30.1 Å². The second kappa shape index (κ2) is 6.65. The molecule has 21 heavy (non-hydrogen) atoms. The van der Waals surface area contributed by atoms with E-state index >= 15 is 0 Å². The Bertz CT molecular complexity index is 499. The third-order valence-corrected chi connectivity index (χ3v) is 3.82. The molecule has 5 nitrogen and oxygen atoms in total. The Morgan fingerprint density at radius 3 is 2.52 bits per heavy atom. The van der Waals surface area contributed by atoms with Crippen LogP contribution in [-0.4, -0.2) is 40.5 Å². The highest BCUT2D eigenvalue weighted by Crippen LogP contribution is 2.27. The van der Waals surface area contributed by atoms with E-state index in [4.69, 9.17) is 0 Å². The Labute approximate surface area is 123 Å². The van der Waals surface area contributed by atoms with Gasteiger partial charge in [0.05, 0.1) is 0 Å². The first kappa shape index (κ1) is 15.4. The molecule has 0 saturated carbocycles. The van der Waals surface area contributed by atoms with Crippen LogP contribution in [0.15, 0.2) is 24.5 Å². The zero-order valence-electron chi connectivity index (χ0n) is 12.1. The van der Waals surface area contributed by atoms with Crippen molar-refractivity contribution in [1.29, 1.82) is 0 Å². The summed E-state index contributed by atoms with van der Waals surface area (Å²) in [5.41, 5.74) is -1.00. The highest BCUT2D eigenvalue weighted by Gasteiger charge is 2.42. The minimum atomic E-state index is -1.88. The molecule has 1 aliphatic rings. The third-order valence-electron chi connectivity index (χ3n) is 3.82. The van der Waals surface area contributed by atoms with Crippen LogP contribution in [-0.2, 0) is 16.1 Å². The van der Waals surface area contributed by atoms with Crippen LogP contribution in [0.4, 0.5) is 4.39 Å². The van der Waals surface area contributed by atoms with Crippen molar-refractivity contribution in [2.24, 2.45) is 0 Å². The number of hydrogen-bond donors (Lipinski definition) is 1. The van der Waals surface area contributed by atoms with Crippen LogP contribution < -0.4 is 5.32 Å². The van der Waals surface area contributed by atoms with E-state index in [9.17, 15) is 14.0 Å². The number of nitrogens with zero attached hydrogens (tertiary/aromatic N) is 2. The average Bonchev–Trinajstić information content (AvgIpc) is 2.53. The summed E-state index contributed by atoms with van der Waals surface area (Å²) in [6.45, 7) is 2.66. The summed E-state index contributed by atoms with van der Waals surface area (Å²) in [6, 6.07) is 3.54. The summed E-state index contributed by atoms with van der Waals surface area (Å²) in [5.74, 6) is -0.586. The lowest BCUT2D eigenvalue weighted by Gasteiger charge is -2.35. The largest absolute Gasteiger partial charge is 0.349 e. The maximum absolute atomic E-state index is 14.6. The van der Waals surface area contributed by atoms with Gasteiger partial charge in [-0.15, -0.1) is 0 Å². The van der Waals surface area contributed by atoms with Crippen LogP contribution in [0, 0.1) is 0 Å². The molecule has 114 valence electrons. The van der Waals surface area contributed by atoms with E-state index in [1.165, 1.54) is 0 Å². The Kier molecular flexibility index (Phi) is 4.88. The fourth-order valence-electron chi connectivity index (χ4n) is 2.40. The van der Waals surface area contributed by atoms with Gasteiger partial charge in [0.1, 0.15) is 0 Å². The van der Waals surface area contributed by atoms with Gasteiger partial charge in [0, 0.05) is 51.3 Å². The first-order valence-corrected chi connectivity index (χ1v) is 7.19. The maximum atomic E-state index is 14.6. The van der Waals surface area contributed by atoms with Gasteiger partial charge in [0.25, 0.3) is 5.91 Å². The number of hydrogen-bond acceptors (Lipinski definition) is 3. The molecule has 0 aromatic carbocycles. The normalized spacial score (nSPS) is 17.3. The van der Waals surface area contributed by atoms with Gasteiger partial charge in [-0.25, -0.2) is 4.39 Å². The maximum Gasteiger partial charge on any atom is 0.258 e. The third kappa shape index (κ3) is 3.77. The highest BCUT2D eigenvalue weighted by molar-refractivity contribution is 5.85. The Hall–Kier alpha value is -1.98. The number of halogens is 1. The van der Waals surface area contributed by atoms with E-state index in [0.717, 1.165) is 5.56 Å². The molecule has 0 bridgehead atoms. The van der Waals surface area contributed by atoms with Crippen molar-refractivity contribution in [3.8, 4) is 0 Å². The second-order valence-electron chi connectivity index (χ2n) is 5.24. The summed E-state index contributed by atoms with van der Waals surface area (Å²) in [5, 5.41) is 2.62. The molecule has 2 heterocycles. The molecule has 1 aromatic rings. The number of amides is 2. The van der Waals surface area contributed by atoms with E-state index in [1.807, 2.05) is 0 Å². The topological polar surface area (TPSA) is 62.3 Å². The molecule has 1 fully saturated rings. The van der Waals surface area contributed by atoms with Gasteiger partial charge in [0.15, 0.2) is 5.67 Å². The van der Waals surface area contributed by atoms with Gasteiger partial charge in [-0.2, -0.15) is 0 Å². The van der Waals surface area contributed by atoms with E-state index < -0.39 is 11.6 Å². The number of nitrogens with one attached hydrogen (secondary N) is 1. The summed E-state index contributed by atoms with van der Waals surface area (Å²) in [4.78, 5) is 29.1. The van der Waals surface area contributed by atoms with Gasteiger partial charge >= 0.3 is 0 Å². The summed E-state index contributed by atoms with van der Waals surface area (Å²) in [6.07, 6.45) is 3.78. The lowest BCUT2D eigenvalue weighted by Crippen LogP contribution is -2.52. The number of pyridine rings is 1. The fraction of sp³-hybridized carbons (Fsp3) is 0.533. The predicted molar refractivity (Wildman–Crippen MR) is 76.0 cm³/mol. The van der Waals surface area contributed by atoms with Crippen molar-refractivity contribution in [2.75, 3.05) is 13.1 Å². The zero-order chi connectivity index (χ0) is 15.3. The van der Waals surface area contributed by atoms with Crippen LogP contribution in [0.1, 0.15) is 31.7 Å². The molecule has 1 aliphatic heterocycles. The van der Waals surface area contributed by atoms with E-state index in [1.54, 1.807) is 36.4 Å². The number of rotatable bonds is 4. The van der Waals surface area contributed by atoms with Crippen molar-refractivity contribution in [3.63, 3.8) is 0 Å². The van der Waals surface area contributed by atoms with Gasteiger partial charge < -0.3 is 10.2 Å². The molecular weight excluding hydrogens is 273 g/mol. The van der Waals surface area contributed by atoms with Crippen LogP contribution in [0.2, 0.25) is 0 Å². The lowest BCUT2D eigenvalue weighted by atomic mass is 9.92. The molecule has 0 aliphatic carbocycles. The molecule has 6 heteroatoms. The molecule has 0 unspecified atom stereocenters. The molecule has 2 rings (SSSR count). The monoisotopic (exact) mass is 293 g/mol. The van der Waals surface area contributed by atoms with Gasteiger partial charge in [-0.1, -0.05) is 6.92 Å². The van der Waals surface area contributed by atoms with Crippen molar-refractivity contribution in [1.82, 2.24) is 15.2 Å². The second-order valence-corrected chi connectivity index (χ2v) is 5.24. The van der Waals surface area contributed by atoms with Gasteiger partial charge in [-0.05, 0) is 17.7 Å². The molecular formula is C15H20FN3O2. The number of aromatic nitrogens is 1. The zero-order valence-corrected chi connectivity index (χ0v) is 12.1. The molecule has 0 atom stereocenters. The minimum absolute atomic E-state index is 0.00856. The van der Waals surface area contributed by atoms with E-state index in [0.29, 0.717) is 19.5 Å². The van der Waals surface area contributed by atoms with E-state index in [-0.39, 0.29) is 25.3 Å². The van der Waals surface area contributed by atoms with Crippen molar-refractivity contribution >= 4 is 11.8 Å². The van der Waals surface area contributed by atoms with E-state index in [2.05, 4.69) is 10.3 Å². The first-order chi connectivity index (χ1) is 10.0. The molecule has 0 spiro atoms. The highest BCUT2D eigenvalue weighted by atomic mass is 19.1. The average molecular weight is 293 g/mol. The first-order valence-electron chi connectivity index (χ1n) is 7.19. The number of piperidine rings is 1. The Morgan fingerprint density at radius 2 is 1.95 bits per heavy atom. The predicted octanol–water partition coefficient (Wildman–Crippen LogP) is 1.44. The molecule has 2 amide bonds. The summed E-state index contributed by atoms with van der Waals surface area (Å²) >= 11 is 0. The Morgan fingerprint density at radius 1 is 1.33 bits per heavy atom. The number of carbonyl (C=O) groups is 2. The summed E-state index contributed by atoms with van der Waals surface area (Å²) < 4.78 is 14.6. The number of likely N-dealkylation sites (tertiary alicyclic amines) is 1. The fourth-order valence-corrected chi connectivity index (χ4v) is 2.40. The molecule has 0 radical (unpaired) electrons. The quantitative estimate of drug-likeness (QED) is 0.913.